The van der Waals surface area contributed by atoms with Gasteiger partial charge in [-0.15, -0.1) is 11.6 Å². The van der Waals surface area contributed by atoms with Crippen LogP contribution in [0.3, 0.4) is 0 Å². The van der Waals surface area contributed by atoms with Gasteiger partial charge >= 0.3 is 5.91 Å². The Kier molecular flexibility index (Phi) is 5.84. The number of nitrogens with zero attached hydrogens (tertiary/aromatic N) is 2. The smallest absolute Gasteiger partial charge is 0.340 e. The number of para-hydroxylation sites is 3. The number of benzene rings is 2. The van der Waals surface area contributed by atoms with Crippen LogP contribution in [0, 0.1) is 0 Å². The second kappa shape index (κ2) is 8.12. The molecule has 140 valence electrons. The molecule has 0 saturated carbocycles. The summed E-state index contributed by atoms with van der Waals surface area (Å²) in [5.74, 6) is -0.470. The van der Waals surface area contributed by atoms with E-state index in [-0.39, 0.29) is 35.4 Å². The molecule has 6 nitrogen and oxygen atoms in total. The topological polar surface area (TPSA) is 63.7 Å². The number of imide groups is 1. The van der Waals surface area contributed by atoms with Gasteiger partial charge in [0.05, 0.1) is 12.9 Å². The SMILES string of the molecule is COc1ccccc1[N+](CN1C(=O)CSC1=O)(C(=O)CCl)c1ccccc1. The Morgan fingerprint density at radius 3 is 2.41 bits per heavy atom. The molecule has 3 rings (SSSR count). The van der Waals surface area contributed by atoms with E-state index in [4.69, 9.17) is 16.3 Å². The number of alkyl halides is 1. The van der Waals surface area contributed by atoms with Crippen molar-refractivity contribution in [2.45, 2.75) is 0 Å². The van der Waals surface area contributed by atoms with E-state index >= 15 is 0 Å². The first kappa shape index (κ1) is 19.4. The minimum atomic E-state index is -0.424. The summed E-state index contributed by atoms with van der Waals surface area (Å²) < 4.78 is 5.06. The zero-order valence-corrected chi connectivity index (χ0v) is 16.2. The van der Waals surface area contributed by atoms with Crippen molar-refractivity contribution in [3.63, 3.8) is 0 Å². The summed E-state index contributed by atoms with van der Waals surface area (Å²) in [6, 6.07) is 16.0. The number of halogens is 1. The summed E-state index contributed by atoms with van der Waals surface area (Å²) in [7, 11) is 1.51. The third-order valence-corrected chi connectivity index (χ3v) is 5.51. The van der Waals surface area contributed by atoms with E-state index in [1.165, 1.54) is 7.11 Å². The molecule has 2 aromatic rings. The molecule has 1 atom stereocenters. The molecule has 0 bridgehead atoms. The zero-order chi connectivity index (χ0) is 19.4. The van der Waals surface area contributed by atoms with Crippen molar-refractivity contribution in [1.82, 2.24) is 9.38 Å². The van der Waals surface area contributed by atoms with Crippen molar-refractivity contribution in [3.8, 4) is 5.75 Å². The van der Waals surface area contributed by atoms with Crippen molar-refractivity contribution >= 4 is 51.8 Å². The quantitative estimate of drug-likeness (QED) is 0.541. The molecule has 0 N–H and O–H groups in total. The molecule has 0 spiro atoms. The minimum absolute atomic E-state index is 0.0641. The Hall–Kier alpha value is -2.35. The normalized spacial score (nSPS) is 16.3. The highest BCUT2D eigenvalue weighted by molar-refractivity contribution is 8.14. The molecular formula is C19H18ClN2O4S+. The lowest BCUT2D eigenvalue weighted by atomic mass is 10.1. The molecule has 1 aliphatic rings. The van der Waals surface area contributed by atoms with Crippen LogP contribution in [0.4, 0.5) is 16.2 Å². The van der Waals surface area contributed by atoms with Crippen molar-refractivity contribution in [2.75, 3.05) is 25.4 Å². The summed E-state index contributed by atoms with van der Waals surface area (Å²) in [5, 5.41) is -0.379. The minimum Gasteiger partial charge on any atom is -0.491 e. The number of quaternary nitrogens is 1. The first-order valence-corrected chi connectivity index (χ1v) is 9.70. The van der Waals surface area contributed by atoms with Gasteiger partial charge < -0.3 is 4.74 Å². The van der Waals surface area contributed by atoms with Gasteiger partial charge in [-0.25, -0.2) is 9.69 Å². The number of ether oxygens (including phenoxy) is 1. The van der Waals surface area contributed by atoms with E-state index in [1.807, 2.05) is 6.07 Å². The average molecular weight is 406 g/mol. The van der Waals surface area contributed by atoms with Crippen LogP contribution < -0.4 is 9.22 Å². The van der Waals surface area contributed by atoms with Crippen LogP contribution in [-0.4, -0.2) is 47.4 Å². The molecule has 0 aromatic heterocycles. The maximum absolute atomic E-state index is 13.2. The summed E-state index contributed by atoms with van der Waals surface area (Å²) in [6.07, 6.45) is 0. The van der Waals surface area contributed by atoms with E-state index in [2.05, 4.69) is 0 Å². The molecule has 8 heteroatoms. The monoisotopic (exact) mass is 405 g/mol. The van der Waals surface area contributed by atoms with Gasteiger partial charge in [-0.05, 0) is 6.07 Å². The molecule has 0 aliphatic carbocycles. The summed E-state index contributed by atoms with van der Waals surface area (Å²) in [5.41, 5.74) is 1.10. The van der Waals surface area contributed by atoms with Gasteiger partial charge in [-0.1, -0.05) is 42.1 Å². The summed E-state index contributed by atoms with van der Waals surface area (Å²) in [6.45, 7) is -0.180. The van der Waals surface area contributed by atoms with E-state index < -0.39 is 4.48 Å². The maximum atomic E-state index is 13.2. The fraction of sp³-hybridized carbons (Fsp3) is 0.211. The van der Waals surface area contributed by atoms with Crippen LogP contribution in [0.15, 0.2) is 54.6 Å². The maximum Gasteiger partial charge on any atom is 0.340 e. The highest BCUT2D eigenvalue weighted by Crippen LogP contribution is 2.42. The van der Waals surface area contributed by atoms with Gasteiger partial charge in [-0.3, -0.25) is 9.59 Å². The molecule has 2 aromatic carbocycles. The lowest BCUT2D eigenvalue weighted by Crippen LogP contribution is -2.57. The second-order valence-electron chi connectivity index (χ2n) is 5.86. The fourth-order valence-corrected chi connectivity index (χ4v) is 4.04. The van der Waals surface area contributed by atoms with Crippen molar-refractivity contribution in [3.05, 3.63) is 54.6 Å². The summed E-state index contributed by atoms with van der Waals surface area (Å²) in [4.78, 5) is 38.9. The largest absolute Gasteiger partial charge is 0.491 e. The van der Waals surface area contributed by atoms with Gasteiger partial charge in [0.15, 0.2) is 18.1 Å². The lowest BCUT2D eigenvalue weighted by molar-refractivity contribution is -0.130. The number of carbonyl (C=O) groups excluding carboxylic acids is 3. The predicted octanol–water partition coefficient (Wildman–Crippen LogP) is 3.75. The van der Waals surface area contributed by atoms with Crippen LogP contribution in [0.2, 0.25) is 0 Å². The number of amides is 3. The third kappa shape index (κ3) is 3.45. The fourth-order valence-electron chi connectivity index (χ4n) is 3.11. The molecular weight excluding hydrogens is 388 g/mol. The highest BCUT2D eigenvalue weighted by atomic mass is 35.5. The first-order valence-electron chi connectivity index (χ1n) is 8.18. The molecule has 1 heterocycles. The van der Waals surface area contributed by atoms with Gasteiger partial charge in [0, 0.05) is 18.2 Å². The standard InChI is InChI=1S/C19H18ClN2O4S/c1-26-16-10-6-5-9-15(16)22(18(24)11-20,14-7-3-2-4-8-14)13-21-17(23)12-27-19(21)25/h2-10H,11-13H2,1H3/q+1. The van der Waals surface area contributed by atoms with E-state index in [0.29, 0.717) is 17.1 Å². The highest BCUT2D eigenvalue weighted by Gasteiger charge is 2.48. The first-order chi connectivity index (χ1) is 13.0. The van der Waals surface area contributed by atoms with E-state index in [0.717, 1.165) is 16.7 Å². The Morgan fingerprint density at radius 2 is 1.81 bits per heavy atom. The van der Waals surface area contributed by atoms with Crippen molar-refractivity contribution in [2.24, 2.45) is 0 Å². The molecule has 3 amide bonds. The Balaban J connectivity index is 2.27. The predicted molar refractivity (Wildman–Crippen MR) is 106 cm³/mol. The van der Waals surface area contributed by atoms with Gasteiger partial charge in [0.25, 0.3) is 5.24 Å². The number of hydrogen-bond acceptors (Lipinski definition) is 5. The van der Waals surface area contributed by atoms with Crippen LogP contribution in [0.25, 0.3) is 0 Å². The van der Waals surface area contributed by atoms with Gasteiger partial charge in [0.1, 0.15) is 11.6 Å². The molecule has 1 unspecified atom stereocenters. The van der Waals surface area contributed by atoms with Crippen molar-refractivity contribution in [1.29, 1.82) is 0 Å². The number of thioether (sulfide) groups is 1. The van der Waals surface area contributed by atoms with Gasteiger partial charge in [-0.2, -0.15) is 4.48 Å². The summed E-state index contributed by atoms with van der Waals surface area (Å²) >= 11 is 6.92. The molecule has 1 fully saturated rings. The molecule has 27 heavy (non-hydrogen) atoms. The van der Waals surface area contributed by atoms with Crippen LogP contribution in [-0.2, 0) is 9.59 Å². The van der Waals surface area contributed by atoms with E-state index in [1.54, 1.807) is 48.5 Å². The Morgan fingerprint density at radius 1 is 1.15 bits per heavy atom. The molecule has 1 saturated heterocycles. The lowest BCUT2D eigenvalue weighted by Gasteiger charge is -2.37. The number of hydrogen-bond donors (Lipinski definition) is 0. The second-order valence-corrected chi connectivity index (χ2v) is 7.06. The van der Waals surface area contributed by atoms with Crippen molar-refractivity contribution < 1.29 is 19.1 Å². The Labute approximate surface area is 166 Å². The number of methoxy groups -OCH3 is 1. The molecule has 0 radical (unpaired) electrons. The average Bonchev–Trinajstić information content (AvgIpc) is 3.03. The number of rotatable bonds is 6. The Bertz CT molecular complexity index is 861. The van der Waals surface area contributed by atoms with Crippen LogP contribution >= 0.6 is 23.4 Å². The third-order valence-electron chi connectivity index (χ3n) is 4.43. The van der Waals surface area contributed by atoms with Crippen LogP contribution in [0.1, 0.15) is 0 Å². The molecule has 1 aliphatic heterocycles. The van der Waals surface area contributed by atoms with Crippen LogP contribution in [0.5, 0.6) is 5.75 Å². The number of carbonyl (C=O) groups is 3. The van der Waals surface area contributed by atoms with Gasteiger partial charge in [0.2, 0.25) is 5.91 Å². The van der Waals surface area contributed by atoms with E-state index in [9.17, 15) is 14.4 Å². The zero-order valence-electron chi connectivity index (χ0n) is 14.6.